The summed E-state index contributed by atoms with van der Waals surface area (Å²) in [6, 6.07) is 3.03. The minimum atomic E-state index is -2.62. The molecule has 12 heteroatoms. The molecule has 0 spiro atoms. The Morgan fingerprint density at radius 1 is 1.21 bits per heavy atom. The van der Waals surface area contributed by atoms with Gasteiger partial charge in [0.05, 0.1) is 0 Å². The summed E-state index contributed by atoms with van der Waals surface area (Å²) in [6.07, 6.45) is 1.41. The third-order valence-electron chi connectivity index (χ3n) is 4.08. The zero-order valence-corrected chi connectivity index (χ0v) is 23.7. The number of nitro groups is 1. The summed E-state index contributed by atoms with van der Waals surface area (Å²) in [5, 5.41) is 20.7. The molecule has 1 rings (SSSR count). The van der Waals surface area contributed by atoms with Crippen LogP contribution in [0.15, 0.2) is 12.1 Å². The standard InChI is InChI=1S/C16H24NO9Si.Rf/c1-22-15-10-14(17(20)21)12(9-13(15)16(18)19)11-26-7-5-6-8-27(23-2,24-3)25-4;/h9-10H,1,5-8,11H2,2-4H3,(H,18,19);. The Kier molecular flexibility index (Phi) is 8.98. The van der Waals surface area contributed by atoms with Crippen LogP contribution in [0.3, 0.4) is 0 Å². The predicted molar refractivity (Wildman–Crippen MR) is 96.0 cm³/mol. The summed E-state index contributed by atoms with van der Waals surface area (Å²) >= 11 is 0. The number of carboxylic acids is 1. The number of ether oxygens (including phenoxy) is 2. The molecule has 0 fully saturated rings. The number of nitrogens with zero attached hydrogens (tertiary/aromatic N) is 1. The van der Waals surface area contributed by atoms with Crippen LogP contribution >= 0.6 is 0 Å². The first-order valence-corrected chi connectivity index (χ1v) is 15.0. The first-order valence-electron chi connectivity index (χ1n) is 8.54. The van der Waals surface area contributed by atoms with Gasteiger partial charge in [-0.25, -0.2) is 0 Å². The maximum absolute atomic E-state index is 11.4. The summed E-state index contributed by atoms with van der Waals surface area (Å²) in [7, 11) is 2.42. The van der Waals surface area contributed by atoms with Gasteiger partial charge in [0.1, 0.15) is 0 Å². The maximum Gasteiger partial charge on any atom is 0.0272 e. The van der Waals surface area contributed by atoms with Crippen LogP contribution in [0.5, 0.6) is 5.75 Å². The quantitative estimate of drug-likeness (QED) is 0.138. The zero-order valence-electron chi connectivity index (χ0n) is 16.3. The molecule has 1 aromatic rings. The van der Waals surface area contributed by atoms with E-state index >= 15 is 0 Å². The van der Waals surface area contributed by atoms with Crippen molar-refractivity contribution in [2.45, 2.75) is 25.5 Å². The van der Waals surface area contributed by atoms with Gasteiger partial charge in [-0.1, -0.05) is 0 Å². The number of unbranched alkanes of at least 4 members (excludes halogenated alkanes) is 1. The van der Waals surface area contributed by atoms with Crippen LogP contribution in [-0.4, -0.2) is 59.8 Å². The fourth-order valence-electron chi connectivity index (χ4n) is 2.58. The summed E-state index contributed by atoms with van der Waals surface area (Å²) in [5.41, 5.74) is -0.120. The van der Waals surface area contributed by atoms with Crippen molar-refractivity contribution in [1.82, 2.24) is 0 Å². The van der Waals surface area contributed by atoms with Crippen LogP contribution in [-0.2, 0) is 24.6 Å². The van der Waals surface area contributed by atoms with Gasteiger partial charge >= 0.3 is 123 Å². The van der Waals surface area contributed by atoms with Crippen molar-refractivity contribution in [3.05, 3.63) is 33.4 Å². The van der Waals surface area contributed by atoms with Gasteiger partial charge in [-0.05, 0) is 0 Å². The van der Waals surface area contributed by atoms with Crippen molar-refractivity contribution in [1.29, 1.82) is 0 Å². The van der Waals surface area contributed by atoms with Crippen LogP contribution in [0.4, 0.5) is 5.69 Å². The molecule has 0 bridgehead atoms. The molecular formula is C16H24NO9RfSi. The van der Waals surface area contributed by atoms with Gasteiger partial charge in [0.2, 0.25) is 0 Å². The van der Waals surface area contributed by atoms with E-state index in [0.717, 1.165) is 12.5 Å². The van der Waals surface area contributed by atoms with Crippen molar-refractivity contribution in [3.8, 4) is 5.75 Å². The molecule has 153 valence electrons. The smallest absolute Gasteiger partial charge is 0.0272 e. The van der Waals surface area contributed by atoms with E-state index in [9.17, 15) is 20.0 Å². The molecular weight excluding hydrogens is 645 g/mol. The van der Waals surface area contributed by atoms with Gasteiger partial charge in [0.15, 0.2) is 0 Å². The molecule has 0 aliphatic heterocycles. The van der Waals surface area contributed by atoms with Crippen LogP contribution in [0.25, 0.3) is 0 Å². The van der Waals surface area contributed by atoms with Crippen molar-refractivity contribution in [2.75, 3.05) is 35.0 Å². The van der Waals surface area contributed by atoms with Crippen molar-refractivity contribution in [2.24, 2.45) is 0 Å². The predicted octanol–water partition coefficient (Wildman–Crippen LogP) is 2.35. The molecule has 10 nitrogen and oxygen atoms in total. The fourth-order valence-corrected chi connectivity index (χ4v) is 5.37. The van der Waals surface area contributed by atoms with E-state index in [1.807, 2.05) is 0 Å². The molecule has 0 heterocycles. The van der Waals surface area contributed by atoms with Crippen LogP contribution in [0.1, 0.15) is 28.8 Å². The Balaban J connectivity index is 2.72. The average molecular weight is 669 g/mol. The molecule has 0 unspecified atom stereocenters. The number of hydrogen-bond acceptors (Lipinski definition) is 8. The van der Waals surface area contributed by atoms with Gasteiger partial charge in [0, 0.05) is 21.3 Å². The largest absolute Gasteiger partial charge is 0.377 e. The minimum Gasteiger partial charge on any atom is -0.377 e. The number of hydrogen-bond donors (Lipinski definition) is 1. The number of aromatic carboxylic acids is 1. The van der Waals surface area contributed by atoms with Gasteiger partial charge in [0.25, 0.3) is 0 Å². The molecule has 0 aliphatic rings. The van der Waals surface area contributed by atoms with E-state index in [4.69, 9.17) is 22.8 Å². The third-order valence-corrected chi connectivity index (χ3v) is 7.83. The number of carboxylic acid groups (broad SMARTS) is 1. The normalized spacial score (nSPS) is 11.5. The maximum atomic E-state index is 11.4. The van der Waals surface area contributed by atoms with Crippen LogP contribution in [0, 0.1) is 10.1 Å². The number of carbonyl (C=O) groups is 1. The molecule has 28 heavy (non-hydrogen) atoms. The van der Waals surface area contributed by atoms with E-state index in [2.05, 4.69) is 0 Å². The van der Waals surface area contributed by atoms with E-state index in [1.165, 1.54) is 6.07 Å². The summed E-state index contributed by atoms with van der Waals surface area (Å²) in [6.45, 7) is 0.284. The van der Waals surface area contributed by atoms with Gasteiger partial charge in [-0.15, -0.1) is 0 Å². The van der Waals surface area contributed by atoms with Gasteiger partial charge < -0.3 is 13.3 Å². The third kappa shape index (κ3) is 5.99. The molecule has 0 aliphatic carbocycles. The molecule has 0 amide bonds. The monoisotopic (exact) mass is 669 g/mol. The Hall–Kier alpha value is -3.05. The molecule has 0 aromatic heterocycles. The van der Waals surface area contributed by atoms with E-state index in [-0.39, 0.29) is 29.2 Å². The molecule has 0 saturated carbocycles. The number of benzene rings is 1. The van der Waals surface area contributed by atoms with Gasteiger partial charge in [-0.2, -0.15) is 0 Å². The first-order chi connectivity index (χ1) is 13.3. The van der Waals surface area contributed by atoms with Crippen molar-refractivity contribution >= 4 is 20.5 Å². The summed E-state index contributed by atoms with van der Waals surface area (Å²) in [4.78, 5) is 22.2. The SMILES string of the molecule is CO[Si](CCCCOCc1cc(C(=O)O)c(O[CH2][Rf])cc1[N+](=O)[O-])(OC)OC. The van der Waals surface area contributed by atoms with E-state index < -0.39 is 19.7 Å². The Morgan fingerprint density at radius 3 is 2.36 bits per heavy atom. The average Bonchev–Trinajstić information content (AvgIpc) is 2.68. The second-order valence-electron chi connectivity index (χ2n) is 5.69. The van der Waals surface area contributed by atoms with E-state index in [1.54, 1.807) is 21.3 Å². The molecule has 0 radical (unpaired) electrons. The van der Waals surface area contributed by atoms with Crippen LogP contribution < -0.4 is 4.74 Å². The summed E-state index contributed by atoms with van der Waals surface area (Å²) < 4.78 is 27.0. The number of nitro benzene ring substituents is 1. The van der Waals surface area contributed by atoms with Crippen molar-refractivity contribution in [3.63, 3.8) is 0 Å². The van der Waals surface area contributed by atoms with E-state index in [0.29, 0.717) is 26.2 Å². The fraction of sp³-hybridized carbons (Fsp3) is 0.562. The Bertz CT molecular complexity index is 661. The molecule has 1 aromatic carbocycles. The molecule has 0 atom stereocenters. The minimum absolute atomic E-state index is 0.0157. The first kappa shape index (κ1) is 23.0. The number of rotatable bonds is 14. The summed E-state index contributed by atoms with van der Waals surface area (Å²) in [5.74, 6) is -1.18. The topological polar surface area (TPSA) is 127 Å². The molecule has 1 N–H and O–H groups in total. The molecule has 0 saturated heterocycles. The Labute approximate surface area is 158 Å². The van der Waals surface area contributed by atoms with Crippen LogP contribution in [0.2, 0.25) is 6.04 Å². The second-order valence-corrected chi connectivity index (χ2v) is 10.6. The van der Waals surface area contributed by atoms with Crippen molar-refractivity contribution < 1.29 is 37.6 Å². The van der Waals surface area contributed by atoms with Gasteiger partial charge in [-0.3, -0.25) is 0 Å². The Morgan fingerprint density at radius 2 is 1.86 bits per heavy atom. The zero-order chi connectivity index (χ0) is 21.2. The second kappa shape index (κ2) is 10.9.